The fraction of sp³-hybridized carbons (Fsp3) is 0.278. The van der Waals surface area contributed by atoms with Crippen molar-refractivity contribution in [3.05, 3.63) is 44.4 Å². The normalized spacial score (nSPS) is 14.7. The Balaban J connectivity index is 2.25. The SMILES string of the molecule is COC(=O)/C(Br)=C/c1cc(NC(=O)C2=C(C#N)CCCC2)ccc1Cl. The molecule has 2 rings (SSSR count). The zero-order valence-corrected chi connectivity index (χ0v) is 15.9. The van der Waals surface area contributed by atoms with E-state index in [9.17, 15) is 9.59 Å². The smallest absolute Gasteiger partial charge is 0.344 e. The number of nitrogens with zero attached hydrogens (tertiary/aromatic N) is 1. The van der Waals surface area contributed by atoms with Gasteiger partial charge in [0, 0.05) is 21.9 Å². The van der Waals surface area contributed by atoms with Crippen LogP contribution < -0.4 is 5.32 Å². The average molecular weight is 424 g/mol. The second-order valence-electron chi connectivity index (χ2n) is 5.45. The second kappa shape index (κ2) is 8.84. The van der Waals surface area contributed by atoms with Gasteiger partial charge in [-0.25, -0.2) is 4.79 Å². The van der Waals surface area contributed by atoms with Crippen LogP contribution in [0.1, 0.15) is 31.2 Å². The van der Waals surface area contributed by atoms with Gasteiger partial charge >= 0.3 is 5.97 Å². The lowest BCUT2D eigenvalue weighted by atomic mass is 9.92. The fourth-order valence-electron chi connectivity index (χ4n) is 2.51. The third-order valence-electron chi connectivity index (χ3n) is 3.79. The van der Waals surface area contributed by atoms with Crippen molar-refractivity contribution in [2.24, 2.45) is 0 Å². The number of carbonyl (C=O) groups is 2. The van der Waals surface area contributed by atoms with Crippen LogP contribution in [0.4, 0.5) is 5.69 Å². The molecule has 0 atom stereocenters. The number of methoxy groups -OCH3 is 1. The molecular formula is C18H16BrClN2O3. The lowest BCUT2D eigenvalue weighted by molar-refractivity contribution is -0.135. The van der Waals surface area contributed by atoms with Crippen LogP contribution in [-0.2, 0) is 14.3 Å². The summed E-state index contributed by atoms with van der Waals surface area (Å²) in [6, 6.07) is 7.06. The molecule has 0 spiro atoms. The highest BCUT2D eigenvalue weighted by Crippen LogP contribution is 2.28. The summed E-state index contributed by atoms with van der Waals surface area (Å²) in [6.07, 6.45) is 4.58. The van der Waals surface area contributed by atoms with Gasteiger partial charge in [0.25, 0.3) is 5.91 Å². The Morgan fingerprint density at radius 3 is 2.76 bits per heavy atom. The summed E-state index contributed by atoms with van der Waals surface area (Å²) in [5.74, 6) is -0.808. The van der Waals surface area contributed by atoms with Crippen LogP contribution in [-0.4, -0.2) is 19.0 Å². The van der Waals surface area contributed by atoms with E-state index in [-0.39, 0.29) is 10.4 Å². The molecule has 0 aromatic heterocycles. The molecule has 130 valence electrons. The number of anilines is 1. The van der Waals surface area contributed by atoms with E-state index in [0.717, 1.165) is 12.8 Å². The standard InChI is InChI=1S/C18H16BrClN2O3/c1-25-18(24)15(19)9-12-8-13(6-7-16(12)20)22-17(23)14-5-3-2-4-11(14)10-21/h6-9H,2-5H2,1H3,(H,22,23)/b15-9-. The first kappa shape index (κ1) is 19.2. The van der Waals surface area contributed by atoms with E-state index >= 15 is 0 Å². The minimum atomic E-state index is -0.531. The first-order valence-corrected chi connectivity index (χ1v) is 8.82. The number of rotatable bonds is 4. The number of hydrogen-bond donors (Lipinski definition) is 1. The van der Waals surface area contributed by atoms with E-state index in [1.807, 2.05) is 0 Å². The molecular weight excluding hydrogens is 408 g/mol. The predicted octanol–water partition coefficient (Wildman–Crippen LogP) is 4.58. The van der Waals surface area contributed by atoms with Crippen molar-refractivity contribution < 1.29 is 14.3 Å². The van der Waals surface area contributed by atoms with Gasteiger partial charge in [-0.15, -0.1) is 0 Å². The summed E-state index contributed by atoms with van der Waals surface area (Å²) < 4.78 is 4.83. The molecule has 1 aliphatic carbocycles. The first-order valence-electron chi connectivity index (χ1n) is 7.64. The van der Waals surface area contributed by atoms with Crippen molar-refractivity contribution >= 4 is 51.2 Å². The maximum absolute atomic E-state index is 12.5. The number of carbonyl (C=O) groups excluding carboxylic acids is 2. The third kappa shape index (κ3) is 4.94. The largest absolute Gasteiger partial charge is 0.465 e. The predicted molar refractivity (Wildman–Crippen MR) is 100 cm³/mol. The first-order chi connectivity index (χ1) is 12.0. The molecule has 7 heteroatoms. The average Bonchev–Trinajstić information content (AvgIpc) is 2.63. The Morgan fingerprint density at radius 2 is 2.08 bits per heavy atom. The van der Waals surface area contributed by atoms with E-state index in [0.29, 0.717) is 40.3 Å². The van der Waals surface area contributed by atoms with Gasteiger partial charge in [0.05, 0.1) is 13.2 Å². The molecule has 0 bridgehead atoms. The molecule has 25 heavy (non-hydrogen) atoms. The van der Waals surface area contributed by atoms with Crippen molar-refractivity contribution in [2.45, 2.75) is 25.7 Å². The highest BCUT2D eigenvalue weighted by Gasteiger charge is 2.19. The zero-order chi connectivity index (χ0) is 18.4. The Kier molecular flexibility index (Phi) is 6.80. The van der Waals surface area contributed by atoms with Gasteiger partial charge in [-0.2, -0.15) is 5.26 Å². The van der Waals surface area contributed by atoms with Gasteiger partial charge in [-0.1, -0.05) is 11.6 Å². The van der Waals surface area contributed by atoms with Crippen molar-refractivity contribution in [3.8, 4) is 6.07 Å². The molecule has 0 unspecified atom stereocenters. The second-order valence-corrected chi connectivity index (χ2v) is 6.71. The number of nitrogens with one attached hydrogen (secondary N) is 1. The molecule has 0 heterocycles. The topological polar surface area (TPSA) is 79.2 Å². The highest BCUT2D eigenvalue weighted by atomic mass is 79.9. The van der Waals surface area contributed by atoms with Crippen molar-refractivity contribution in [3.63, 3.8) is 0 Å². The van der Waals surface area contributed by atoms with Crippen LogP contribution in [0.25, 0.3) is 6.08 Å². The minimum absolute atomic E-state index is 0.210. The summed E-state index contributed by atoms with van der Waals surface area (Å²) in [4.78, 5) is 23.9. The van der Waals surface area contributed by atoms with Crippen molar-refractivity contribution in [1.82, 2.24) is 0 Å². The zero-order valence-electron chi connectivity index (χ0n) is 13.6. The number of ether oxygens (including phenoxy) is 1. The Labute approximate surface area is 159 Å². The van der Waals surface area contributed by atoms with Gasteiger partial charge < -0.3 is 10.1 Å². The summed E-state index contributed by atoms with van der Waals surface area (Å²) >= 11 is 9.26. The molecule has 1 aliphatic rings. The summed E-state index contributed by atoms with van der Waals surface area (Å²) in [6.45, 7) is 0. The monoisotopic (exact) mass is 422 g/mol. The van der Waals surface area contributed by atoms with Crippen LogP contribution in [0.2, 0.25) is 5.02 Å². The van der Waals surface area contributed by atoms with Gasteiger partial charge in [0.1, 0.15) is 4.48 Å². The van der Waals surface area contributed by atoms with Crippen LogP contribution in [0, 0.1) is 11.3 Å². The molecule has 1 aromatic rings. The Bertz CT molecular complexity index is 809. The molecule has 0 fully saturated rings. The summed E-state index contributed by atoms with van der Waals surface area (Å²) in [5.41, 5.74) is 2.17. The number of hydrogen-bond acceptors (Lipinski definition) is 4. The van der Waals surface area contributed by atoms with E-state index in [1.54, 1.807) is 18.2 Å². The summed E-state index contributed by atoms with van der Waals surface area (Å²) in [5, 5.41) is 12.4. The number of benzene rings is 1. The molecule has 1 N–H and O–H groups in total. The fourth-order valence-corrected chi connectivity index (χ4v) is 3.09. The Morgan fingerprint density at radius 1 is 1.36 bits per heavy atom. The molecule has 0 radical (unpaired) electrons. The van der Waals surface area contributed by atoms with Gasteiger partial charge in [-0.3, -0.25) is 4.79 Å². The van der Waals surface area contributed by atoms with Crippen LogP contribution in [0.3, 0.4) is 0 Å². The highest BCUT2D eigenvalue weighted by molar-refractivity contribution is 9.12. The molecule has 1 aromatic carbocycles. The van der Waals surface area contributed by atoms with E-state index in [4.69, 9.17) is 16.9 Å². The molecule has 1 amide bonds. The molecule has 0 saturated carbocycles. The van der Waals surface area contributed by atoms with E-state index in [2.05, 4.69) is 32.1 Å². The van der Waals surface area contributed by atoms with Crippen molar-refractivity contribution in [2.75, 3.05) is 12.4 Å². The number of allylic oxidation sites excluding steroid dienone is 1. The number of halogens is 2. The quantitative estimate of drug-likeness (QED) is 0.568. The van der Waals surface area contributed by atoms with Crippen LogP contribution in [0.5, 0.6) is 0 Å². The van der Waals surface area contributed by atoms with Gasteiger partial charge in [0.2, 0.25) is 0 Å². The van der Waals surface area contributed by atoms with E-state index in [1.165, 1.54) is 13.2 Å². The van der Waals surface area contributed by atoms with Gasteiger partial charge in [-0.05, 0) is 71.5 Å². The number of esters is 1. The molecule has 0 aliphatic heterocycles. The van der Waals surface area contributed by atoms with Crippen molar-refractivity contribution in [1.29, 1.82) is 5.26 Å². The number of amides is 1. The van der Waals surface area contributed by atoms with Crippen LogP contribution >= 0.6 is 27.5 Å². The molecule has 0 saturated heterocycles. The Hall–Kier alpha value is -2.10. The lowest BCUT2D eigenvalue weighted by Crippen LogP contribution is -2.18. The lowest BCUT2D eigenvalue weighted by Gasteiger charge is -2.16. The molecule has 5 nitrogen and oxygen atoms in total. The van der Waals surface area contributed by atoms with Gasteiger partial charge in [0.15, 0.2) is 0 Å². The number of nitriles is 1. The van der Waals surface area contributed by atoms with Crippen LogP contribution in [0.15, 0.2) is 33.8 Å². The summed E-state index contributed by atoms with van der Waals surface area (Å²) in [7, 11) is 1.28. The maximum atomic E-state index is 12.5. The maximum Gasteiger partial charge on any atom is 0.344 e. The minimum Gasteiger partial charge on any atom is -0.465 e. The third-order valence-corrected chi connectivity index (χ3v) is 4.69. The van der Waals surface area contributed by atoms with E-state index < -0.39 is 5.97 Å².